The van der Waals surface area contributed by atoms with E-state index in [0.29, 0.717) is 0 Å². The Labute approximate surface area is 45.1 Å². The van der Waals surface area contributed by atoms with Gasteiger partial charge in [0.1, 0.15) is 0 Å². The summed E-state index contributed by atoms with van der Waals surface area (Å²) in [6.45, 7) is 0. The summed E-state index contributed by atoms with van der Waals surface area (Å²) in [6.07, 6.45) is 0. The van der Waals surface area contributed by atoms with E-state index < -0.39 is 11.4 Å². The zero-order valence-electron chi connectivity index (χ0n) is 2.92. The first-order chi connectivity index (χ1) is 1.73. The van der Waals surface area contributed by atoms with Gasteiger partial charge < -0.3 is 6.15 Å². The maximum atomic E-state index is 8.67. The molecule has 0 saturated heterocycles. The van der Waals surface area contributed by atoms with Gasteiger partial charge in [0.2, 0.25) is 0 Å². The van der Waals surface area contributed by atoms with Crippen LogP contribution in [0.15, 0.2) is 0 Å². The van der Waals surface area contributed by atoms with Crippen molar-refractivity contribution >= 4 is 24.9 Å². The minimum atomic E-state index is -2.61. The summed E-state index contributed by atoms with van der Waals surface area (Å²) in [5.41, 5.74) is 0. The monoisotopic (exact) mass is 133 g/mol. The topological polar surface area (TPSA) is 92.5 Å². The average Bonchev–Trinajstić information content (AvgIpc) is 0.811. The minimum absolute atomic E-state index is 0. The molecule has 6 heteroatoms. The third-order valence-electron chi connectivity index (χ3n) is 0. The van der Waals surface area contributed by atoms with Crippen LogP contribution in [0.2, 0.25) is 0 Å². The molecule has 0 aromatic carbocycles. The van der Waals surface area contributed by atoms with Gasteiger partial charge in [-0.1, -0.05) is 0 Å². The fourth-order valence-corrected chi connectivity index (χ4v) is 0. The van der Waals surface area contributed by atoms with Crippen LogP contribution in [0.25, 0.3) is 0 Å². The third-order valence-corrected chi connectivity index (χ3v) is 0. The van der Waals surface area contributed by atoms with Crippen molar-refractivity contribution in [3.63, 3.8) is 0 Å². The Morgan fingerprint density at radius 1 is 1.33 bits per heavy atom. The van der Waals surface area contributed by atoms with E-state index >= 15 is 0 Å². The molecule has 0 aliphatic heterocycles. The van der Waals surface area contributed by atoms with Gasteiger partial charge in [0, 0.05) is 0 Å². The zero-order valence-corrected chi connectivity index (χ0v) is 4.73. The first-order valence-corrected chi connectivity index (χ1v) is 1.60. The van der Waals surface area contributed by atoms with Crippen molar-refractivity contribution in [1.82, 2.24) is 6.15 Å². The zero-order chi connectivity index (χ0) is 3.58. The van der Waals surface area contributed by atoms with Gasteiger partial charge in [0.05, 0.1) is 0 Å². The predicted molar refractivity (Wildman–Crippen MR) is 28.8 cm³/mol. The summed E-state index contributed by atoms with van der Waals surface area (Å²) in [5.74, 6) is 0. The van der Waals surface area contributed by atoms with Crippen molar-refractivity contribution in [1.29, 1.82) is 0 Å². The van der Waals surface area contributed by atoms with E-state index in [1.54, 1.807) is 0 Å². The van der Waals surface area contributed by atoms with Crippen LogP contribution in [0.3, 0.4) is 0 Å². The Hall–Kier alpha value is 0.380. The molecular weight excluding hydrogens is 126 g/mol. The molecule has 0 bridgehead atoms. The molecule has 0 fully saturated rings. The molecule has 0 spiro atoms. The van der Waals surface area contributed by atoms with E-state index in [1.807, 2.05) is 0 Å². The number of hydrogen-bond donors (Lipinski definition) is 3. The number of rotatable bonds is 0. The second-order valence-electron chi connectivity index (χ2n) is 0.231. The van der Waals surface area contributed by atoms with Crippen molar-refractivity contribution in [2.45, 2.75) is 0 Å². The molecule has 0 atom stereocenters. The maximum Gasteiger partial charge on any atom is 0.299 e. The Morgan fingerprint density at radius 3 is 1.33 bits per heavy atom. The summed E-state index contributed by atoms with van der Waals surface area (Å²) in [6, 6.07) is 0. The van der Waals surface area contributed by atoms with Crippen molar-refractivity contribution in [2.24, 2.45) is 0 Å². The molecule has 0 saturated carbocycles. The molecule has 0 aliphatic rings. The van der Waals surface area contributed by atoms with E-state index in [-0.39, 0.29) is 19.6 Å². The van der Waals surface area contributed by atoms with Gasteiger partial charge in [-0.05, 0) is 0 Å². The van der Waals surface area contributed by atoms with Crippen LogP contribution in [-0.4, -0.2) is 13.3 Å². The van der Waals surface area contributed by atoms with Crippen molar-refractivity contribution in [3.8, 4) is 0 Å². The van der Waals surface area contributed by atoms with Gasteiger partial charge in [-0.3, -0.25) is 9.11 Å². The smallest absolute Gasteiger partial charge is 0.299 e. The number of hydrogen-bond acceptors (Lipinski definition) is 2. The molecule has 6 heavy (non-hydrogen) atoms. The summed E-state index contributed by atoms with van der Waals surface area (Å²) in [5, 5.41) is 0. The lowest BCUT2D eigenvalue weighted by Gasteiger charge is -1.59. The molecule has 0 unspecified atom stereocenters. The highest BCUT2D eigenvalue weighted by atomic mass is 32.2. The summed E-state index contributed by atoms with van der Waals surface area (Å²) in [4.78, 5) is 0. The molecule has 0 aromatic heterocycles. The van der Waals surface area contributed by atoms with Gasteiger partial charge >= 0.3 is 0 Å². The second-order valence-corrected chi connectivity index (χ2v) is 0.692. The van der Waals surface area contributed by atoms with E-state index in [4.69, 9.17) is 13.3 Å². The van der Waals surface area contributed by atoms with E-state index in [2.05, 4.69) is 0 Å². The molecule has 4 nitrogen and oxygen atoms in total. The fraction of sp³-hybridized carbons (Fsp3) is 0. The van der Waals surface area contributed by atoms with E-state index in [9.17, 15) is 0 Å². The largest absolute Gasteiger partial charge is 0.344 e. The molecule has 0 heterocycles. The fourth-order valence-electron chi connectivity index (χ4n) is 0. The molecule has 0 radical (unpaired) electrons. The van der Waals surface area contributed by atoms with Gasteiger partial charge in [0.25, 0.3) is 11.4 Å². The summed E-state index contributed by atoms with van der Waals surface area (Å²) in [7, 11) is 0. The van der Waals surface area contributed by atoms with Gasteiger partial charge in [-0.25, -0.2) is 0 Å². The first-order valence-electron chi connectivity index (χ1n) is 0.532. The van der Waals surface area contributed by atoms with Crippen LogP contribution in [0, 0.1) is 0 Å². The highest BCUT2D eigenvalue weighted by Crippen LogP contribution is 1.44. The third kappa shape index (κ3) is 347. The van der Waals surface area contributed by atoms with Crippen LogP contribution in [0.4, 0.5) is 0 Å². The lowest BCUT2D eigenvalue weighted by atomic mass is 14.0. The molecule has 42 valence electrons. The second kappa shape index (κ2) is 9.03. The Morgan fingerprint density at radius 2 is 1.33 bits per heavy atom. The van der Waals surface area contributed by atoms with Crippen LogP contribution < -0.4 is 6.15 Å². The molecule has 0 rings (SSSR count). The molecule has 0 aliphatic carbocycles. The van der Waals surface area contributed by atoms with Crippen LogP contribution in [-0.2, 0) is 11.4 Å². The van der Waals surface area contributed by atoms with Gasteiger partial charge in [0.15, 0.2) is 0 Å². The first kappa shape index (κ1) is 16.2. The normalized spacial score (nSPS) is 5.83. The molecule has 0 amide bonds. The Kier molecular flexibility index (Phi) is 24.3. The lowest BCUT2D eigenvalue weighted by Crippen LogP contribution is -1.74. The van der Waals surface area contributed by atoms with E-state index in [0.717, 1.165) is 0 Å². The lowest BCUT2D eigenvalue weighted by molar-refractivity contribution is 0.454. The minimum Gasteiger partial charge on any atom is -0.344 e. The van der Waals surface area contributed by atoms with Crippen LogP contribution in [0.5, 0.6) is 0 Å². The Balaban J connectivity index is -0.0000000450. The van der Waals surface area contributed by atoms with E-state index in [1.165, 1.54) is 0 Å². The quantitative estimate of drug-likeness (QED) is 0.404. The van der Waals surface area contributed by atoms with Crippen LogP contribution >= 0.6 is 13.5 Å². The maximum absolute atomic E-state index is 8.67. The SMILES string of the molecule is N.O=S(O)O.S. The highest BCUT2D eigenvalue weighted by molar-refractivity contribution is 7.73. The van der Waals surface area contributed by atoms with Gasteiger partial charge in [-0.2, -0.15) is 17.7 Å². The van der Waals surface area contributed by atoms with Crippen molar-refractivity contribution < 1.29 is 13.3 Å². The van der Waals surface area contributed by atoms with Gasteiger partial charge in [-0.15, -0.1) is 0 Å². The Bertz CT molecular complexity index is 31.8. The predicted octanol–water partition coefficient (Wildman–Crippen LogP) is -0.0441. The highest BCUT2D eigenvalue weighted by Gasteiger charge is 1.62. The molecule has 0 aromatic rings. The van der Waals surface area contributed by atoms with Crippen molar-refractivity contribution in [2.75, 3.05) is 0 Å². The molecule has 5 N–H and O–H groups in total. The molecular formula is H7NO3S2. The van der Waals surface area contributed by atoms with Crippen molar-refractivity contribution in [3.05, 3.63) is 0 Å². The average molecular weight is 133 g/mol. The summed E-state index contributed by atoms with van der Waals surface area (Å²) >= 11 is -2.61. The summed E-state index contributed by atoms with van der Waals surface area (Å²) < 4.78 is 22.8. The standard InChI is InChI=1S/H3N.H2O3S.H2S/c;1-4(2)3;/h1H3;(H2,1,2,3);1H2. The van der Waals surface area contributed by atoms with Crippen LogP contribution in [0.1, 0.15) is 0 Å².